The molecule has 0 saturated carbocycles. The summed E-state index contributed by atoms with van der Waals surface area (Å²) in [4.78, 5) is 15.7. The lowest BCUT2D eigenvalue weighted by Crippen LogP contribution is -2.39. The van der Waals surface area contributed by atoms with E-state index in [2.05, 4.69) is 14.9 Å². The maximum absolute atomic E-state index is 10.9. The third-order valence-electron chi connectivity index (χ3n) is 2.57. The van der Waals surface area contributed by atoms with E-state index in [4.69, 9.17) is 11.3 Å². The summed E-state index contributed by atoms with van der Waals surface area (Å²) in [5.41, 5.74) is 13.3. The number of primary amides is 1. The van der Waals surface area contributed by atoms with Gasteiger partial charge in [-0.05, 0) is 31.5 Å². The van der Waals surface area contributed by atoms with Gasteiger partial charge in [0.2, 0.25) is 5.91 Å². The van der Waals surface area contributed by atoms with Gasteiger partial charge in [-0.2, -0.15) is 0 Å². The molecule has 1 rings (SSSR count). The summed E-state index contributed by atoms with van der Waals surface area (Å²) in [7, 11) is 0. The van der Waals surface area contributed by atoms with Crippen molar-refractivity contribution in [1.29, 1.82) is 0 Å². The number of carbonyl (C=O) groups excluding carboxylic acids is 1. The molecule has 1 amide bonds. The quantitative estimate of drug-likeness (QED) is 0.403. The number of likely N-dealkylation sites (tertiary alicyclic amines) is 1. The number of rotatable bonds is 4. The first-order valence-corrected chi connectivity index (χ1v) is 4.76. The van der Waals surface area contributed by atoms with Gasteiger partial charge in [0, 0.05) is 23.9 Å². The van der Waals surface area contributed by atoms with Gasteiger partial charge in [0.1, 0.15) is 0 Å². The number of azide groups is 1. The molecule has 6 nitrogen and oxygen atoms in total. The molecule has 0 aromatic rings. The first kappa shape index (κ1) is 10.8. The van der Waals surface area contributed by atoms with Crippen molar-refractivity contribution in [3.63, 3.8) is 0 Å². The number of carbonyl (C=O) groups is 1. The second kappa shape index (κ2) is 5.47. The normalized spacial score (nSPS) is 18.9. The Balaban J connectivity index is 2.22. The van der Waals surface area contributed by atoms with Gasteiger partial charge in [-0.3, -0.25) is 4.79 Å². The number of amides is 1. The van der Waals surface area contributed by atoms with Crippen molar-refractivity contribution in [2.75, 3.05) is 26.2 Å². The molecule has 0 unspecified atom stereocenters. The van der Waals surface area contributed by atoms with Crippen molar-refractivity contribution < 1.29 is 4.79 Å². The van der Waals surface area contributed by atoms with Crippen LogP contribution in [0.3, 0.4) is 0 Å². The van der Waals surface area contributed by atoms with Crippen LogP contribution in [0.2, 0.25) is 0 Å². The van der Waals surface area contributed by atoms with Gasteiger partial charge < -0.3 is 10.6 Å². The number of nitrogens with zero attached hydrogens (tertiary/aromatic N) is 4. The molecule has 0 aromatic heterocycles. The zero-order valence-corrected chi connectivity index (χ0v) is 8.09. The third kappa shape index (κ3) is 3.24. The lowest BCUT2D eigenvalue weighted by molar-refractivity contribution is -0.123. The van der Waals surface area contributed by atoms with E-state index in [1.54, 1.807) is 0 Å². The van der Waals surface area contributed by atoms with E-state index in [0.717, 1.165) is 32.5 Å². The Morgan fingerprint density at radius 2 is 2.21 bits per heavy atom. The third-order valence-corrected chi connectivity index (χ3v) is 2.57. The van der Waals surface area contributed by atoms with Crippen molar-refractivity contribution in [3.8, 4) is 0 Å². The summed E-state index contributed by atoms with van der Waals surface area (Å²) in [6.07, 6.45) is 1.65. The predicted molar refractivity (Wildman–Crippen MR) is 52.4 cm³/mol. The number of piperidine rings is 1. The minimum atomic E-state index is -0.195. The standard InChI is InChI=1S/C8H15N5O/c9-8(14)7-1-4-13(5-2-7)6-3-11-12-10/h7H,1-6H2,(H2,9,14). The summed E-state index contributed by atoms with van der Waals surface area (Å²) in [5.74, 6) is -0.162. The van der Waals surface area contributed by atoms with Crippen LogP contribution < -0.4 is 5.73 Å². The molecule has 0 aliphatic carbocycles. The zero-order valence-electron chi connectivity index (χ0n) is 8.09. The highest BCUT2D eigenvalue weighted by molar-refractivity contribution is 5.76. The molecule has 1 aliphatic heterocycles. The average molecular weight is 197 g/mol. The lowest BCUT2D eigenvalue weighted by Gasteiger charge is -2.29. The smallest absolute Gasteiger partial charge is 0.220 e. The van der Waals surface area contributed by atoms with Crippen molar-refractivity contribution >= 4 is 5.91 Å². The van der Waals surface area contributed by atoms with E-state index < -0.39 is 0 Å². The molecule has 0 spiro atoms. The Morgan fingerprint density at radius 1 is 1.57 bits per heavy atom. The Kier molecular flexibility index (Phi) is 4.22. The highest BCUT2D eigenvalue weighted by Crippen LogP contribution is 2.15. The van der Waals surface area contributed by atoms with Crippen molar-refractivity contribution in [2.45, 2.75) is 12.8 Å². The van der Waals surface area contributed by atoms with Crippen molar-refractivity contribution in [3.05, 3.63) is 10.4 Å². The minimum Gasteiger partial charge on any atom is -0.369 e. The van der Waals surface area contributed by atoms with Gasteiger partial charge in [-0.1, -0.05) is 5.11 Å². The van der Waals surface area contributed by atoms with Crippen LogP contribution in [0.5, 0.6) is 0 Å². The lowest BCUT2D eigenvalue weighted by atomic mass is 9.96. The first-order valence-electron chi connectivity index (χ1n) is 4.76. The second-order valence-electron chi connectivity index (χ2n) is 3.47. The SMILES string of the molecule is [N-]=[N+]=NCCN1CCC(C(N)=O)CC1. The molecule has 1 fully saturated rings. The average Bonchev–Trinajstić information content (AvgIpc) is 2.19. The fourth-order valence-corrected chi connectivity index (χ4v) is 1.67. The van der Waals surface area contributed by atoms with Crippen LogP contribution in [0.4, 0.5) is 0 Å². The molecule has 14 heavy (non-hydrogen) atoms. The Labute approximate surface area is 82.7 Å². The van der Waals surface area contributed by atoms with Crippen molar-refractivity contribution in [1.82, 2.24) is 4.90 Å². The van der Waals surface area contributed by atoms with Gasteiger partial charge in [0.25, 0.3) is 0 Å². The molecule has 1 aliphatic rings. The van der Waals surface area contributed by atoms with Crippen molar-refractivity contribution in [2.24, 2.45) is 16.8 Å². The topological polar surface area (TPSA) is 95.1 Å². The monoisotopic (exact) mass is 197 g/mol. The molecule has 0 atom stereocenters. The molecule has 0 bridgehead atoms. The summed E-state index contributed by atoms with van der Waals surface area (Å²) in [6, 6.07) is 0. The van der Waals surface area contributed by atoms with Gasteiger partial charge in [-0.25, -0.2) is 0 Å². The number of nitrogens with two attached hydrogens (primary N) is 1. The van der Waals surface area contributed by atoms with Gasteiger partial charge >= 0.3 is 0 Å². The van der Waals surface area contributed by atoms with Crippen LogP contribution in [0, 0.1) is 5.92 Å². The van der Waals surface area contributed by atoms with Crippen LogP contribution in [0.25, 0.3) is 10.4 Å². The molecule has 6 heteroatoms. The molecular weight excluding hydrogens is 182 g/mol. The minimum absolute atomic E-state index is 0.0331. The maximum atomic E-state index is 10.9. The maximum Gasteiger partial charge on any atom is 0.220 e. The summed E-state index contributed by atoms with van der Waals surface area (Å²) < 4.78 is 0. The largest absolute Gasteiger partial charge is 0.369 e. The molecule has 1 heterocycles. The Hall–Kier alpha value is -1.26. The fraction of sp³-hybridized carbons (Fsp3) is 0.875. The highest BCUT2D eigenvalue weighted by atomic mass is 16.1. The van der Waals surface area contributed by atoms with E-state index in [-0.39, 0.29) is 11.8 Å². The second-order valence-corrected chi connectivity index (χ2v) is 3.47. The number of hydrogen-bond acceptors (Lipinski definition) is 3. The summed E-state index contributed by atoms with van der Waals surface area (Å²) in [5, 5.41) is 3.47. The van der Waals surface area contributed by atoms with Crippen LogP contribution >= 0.6 is 0 Å². The molecule has 78 valence electrons. The van der Waals surface area contributed by atoms with Gasteiger partial charge in [0.05, 0.1) is 0 Å². The highest BCUT2D eigenvalue weighted by Gasteiger charge is 2.22. The van der Waals surface area contributed by atoms with Crippen LogP contribution in [-0.2, 0) is 4.79 Å². The molecule has 0 radical (unpaired) electrons. The van der Waals surface area contributed by atoms with E-state index in [0.29, 0.717) is 6.54 Å². The predicted octanol–water partition coefficient (Wildman–Crippen LogP) is 0.494. The van der Waals surface area contributed by atoms with Crippen LogP contribution in [-0.4, -0.2) is 37.0 Å². The summed E-state index contributed by atoms with van der Waals surface area (Å²) in [6.45, 7) is 3.01. The fourth-order valence-electron chi connectivity index (χ4n) is 1.67. The van der Waals surface area contributed by atoms with E-state index >= 15 is 0 Å². The van der Waals surface area contributed by atoms with E-state index in [1.807, 2.05) is 0 Å². The molecule has 1 saturated heterocycles. The molecule has 2 N–H and O–H groups in total. The summed E-state index contributed by atoms with van der Waals surface area (Å²) >= 11 is 0. The zero-order chi connectivity index (χ0) is 10.4. The van der Waals surface area contributed by atoms with E-state index in [1.165, 1.54) is 0 Å². The Bertz CT molecular complexity index is 240. The van der Waals surface area contributed by atoms with Crippen LogP contribution in [0.15, 0.2) is 5.11 Å². The molecular formula is C8H15N5O. The van der Waals surface area contributed by atoms with Gasteiger partial charge in [0.15, 0.2) is 0 Å². The number of hydrogen-bond donors (Lipinski definition) is 1. The molecule has 0 aromatic carbocycles. The van der Waals surface area contributed by atoms with E-state index in [9.17, 15) is 4.79 Å². The van der Waals surface area contributed by atoms with Gasteiger partial charge in [-0.15, -0.1) is 0 Å². The first-order chi connectivity index (χ1) is 6.74. The van der Waals surface area contributed by atoms with Crippen LogP contribution in [0.1, 0.15) is 12.8 Å². The Morgan fingerprint density at radius 3 is 2.71 bits per heavy atom.